The number of hydrogen-bond donors (Lipinski definition) is 2. The smallest absolute Gasteiger partial charge is 0.137 e. The third-order valence-corrected chi connectivity index (χ3v) is 4.23. The molecule has 1 unspecified atom stereocenters. The minimum absolute atomic E-state index is 0.0775. The first kappa shape index (κ1) is 17.8. The number of hydrogen-bond acceptors (Lipinski definition) is 3. The van der Waals surface area contributed by atoms with Crippen molar-refractivity contribution in [1.82, 2.24) is 10.3 Å². The van der Waals surface area contributed by atoms with Crippen LogP contribution >= 0.6 is 11.6 Å². The Kier molecular flexibility index (Phi) is 5.63. The average molecular weight is 359 g/mol. The van der Waals surface area contributed by atoms with Crippen LogP contribution in [0.5, 0.6) is 11.5 Å². The molecule has 25 heavy (non-hydrogen) atoms. The molecule has 0 saturated carbocycles. The van der Waals surface area contributed by atoms with Gasteiger partial charge in [-0.1, -0.05) is 31.5 Å². The molecule has 132 valence electrons. The van der Waals surface area contributed by atoms with E-state index in [0.717, 1.165) is 28.0 Å². The van der Waals surface area contributed by atoms with Crippen LogP contribution in [0.3, 0.4) is 0 Å². The van der Waals surface area contributed by atoms with Crippen LogP contribution in [0.25, 0.3) is 10.9 Å². The van der Waals surface area contributed by atoms with Gasteiger partial charge >= 0.3 is 0 Å². The van der Waals surface area contributed by atoms with Crippen molar-refractivity contribution in [2.45, 2.75) is 25.9 Å². The minimum atomic E-state index is 0.0775. The van der Waals surface area contributed by atoms with Gasteiger partial charge in [0, 0.05) is 40.8 Å². The maximum Gasteiger partial charge on any atom is 0.137 e. The Labute approximate surface area is 153 Å². The molecule has 0 aliphatic carbocycles. The summed E-state index contributed by atoms with van der Waals surface area (Å²) in [4.78, 5) is 3.34. The molecule has 1 aromatic heterocycles. The zero-order chi connectivity index (χ0) is 17.8. The topological polar surface area (TPSA) is 46.3 Å². The molecular weight excluding hydrogens is 336 g/mol. The zero-order valence-electron chi connectivity index (χ0n) is 14.7. The number of methoxy groups -OCH3 is 1. The van der Waals surface area contributed by atoms with Gasteiger partial charge in [-0.2, -0.15) is 0 Å². The van der Waals surface area contributed by atoms with E-state index in [9.17, 15) is 0 Å². The number of benzene rings is 2. The van der Waals surface area contributed by atoms with E-state index in [-0.39, 0.29) is 6.04 Å². The number of ether oxygens (including phenoxy) is 2. The van der Waals surface area contributed by atoms with Crippen LogP contribution in [0.1, 0.15) is 25.5 Å². The lowest BCUT2D eigenvalue weighted by molar-refractivity contribution is 0.163. The molecule has 4 nitrogen and oxygen atoms in total. The van der Waals surface area contributed by atoms with Gasteiger partial charge in [-0.15, -0.1) is 0 Å². The maximum atomic E-state index is 6.13. The molecular formula is C20H23ClN2O2. The summed E-state index contributed by atoms with van der Waals surface area (Å²) < 4.78 is 11.5. The quantitative estimate of drug-likeness (QED) is 0.602. The summed E-state index contributed by atoms with van der Waals surface area (Å²) in [6, 6.07) is 13.8. The highest BCUT2D eigenvalue weighted by Gasteiger charge is 2.19. The van der Waals surface area contributed by atoms with Gasteiger partial charge in [0.1, 0.15) is 11.5 Å². The van der Waals surface area contributed by atoms with Gasteiger partial charge in [-0.25, -0.2) is 0 Å². The lowest BCUT2D eigenvalue weighted by atomic mass is 10.0. The van der Waals surface area contributed by atoms with E-state index in [1.54, 1.807) is 7.11 Å². The highest BCUT2D eigenvalue weighted by molar-refractivity contribution is 6.30. The predicted octanol–water partition coefficient (Wildman–Crippen LogP) is 5.30. The van der Waals surface area contributed by atoms with Crippen LogP contribution in [0, 0.1) is 0 Å². The fourth-order valence-corrected chi connectivity index (χ4v) is 3.09. The number of halogens is 1. The van der Waals surface area contributed by atoms with Crippen LogP contribution in [0.2, 0.25) is 5.02 Å². The molecule has 0 saturated heterocycles. The fraction of sp³-hybridized carbons (Fsp3) is 0.300. The second kappa shape index (κ2) is 7.91. The summed E-state index contributed by atoms with van der Waals surface area (Å²) in [6.07, 6.45) is 2.03. The van der Waals surface area contributed by atoms with Gasteiger partial charge in [0.05, 0.1) is 12.6 Å². The molecule has 0 fully saturated rings. The first-order valence-corrected chi connectivity index (χ1v) is 8.74. The molecule has 1 heterocycles. The zero-order valence-corrected chi connectivity index (χ0v) is 15.4. The highest BCUT2D eigenvalue weighted by atomic mass is 35.5. The molecule has 0 amide bonds. The van der Waals surface area contributed by atoms with Crippen LogP contribution in [0.15, 0.2) is 48.7 Å². The molecule has 2 aromatic carbocycles. The largest absolute Gasteiger partial charge is 0.457 e. The number of H-pyrrole nitrogens is 1. The van der Waals surface area contributed by atoms with Crippen molar-refractivity contribution >= 4 is 22.5 Å². The summed E-state index contributed by atoms with van der Waals surface area (Å²) >= 11 is 5.96. The standard InChI is InChI=1S/C20H23ClN2O2/c1-13(2)23-18(12-24-3)16-11-22-17-5-4-6-19(20(16)17)25-15-9-7-14(21)8-10-15/h4-11,13,18,22-23H,12H2,1-3H3. The van der Waals surface area contributed by atoms with E-state index in [0.29, 0.717) is 17.7 Å². The molecule has 0 radical (unpaired) electrons. The average Bonchev–Trinajstić information content (AvgIpc) is 3.01. The van der Waals surface area contributed by atoms with Crippen molar-refractivity contribution in [1.29, 1.82) is 0 Å². The molecule has 1 atom stereocenters. The fourth-order valence-electron chi connectivity index (χ4n) is 2.96. The Morgan fingerprint density at radius 3 is 2.56 bits per heavy atom. The number of nitrogens with one attached hydrogen (secondary N) is 2. The van der Waals surface area contributed by atoms with Crippen LogP contribution < -0.4 is 10.1 Å². The summed E-state index contributed by atoms with van der Waals surface area (Å²) in [7, 11) is 1.72. The van der Waals surface area contributed by atoms with Crippen LogP contribution in [-0.2, 0) is 4.74 Å². The van der Waals surface area contributed by atoms with Crippen molar-refractivity contribution in [3.05, 3.63) is 59.2 Å². The molecule has 0 aliphatic rings. The van der Waals surface area contributed by atoms with Crippen molar-refractivity contribution in [2.24, 2.45) is 0 Å². The highest BCUT2D eigenvalue weighted by Crippen LogP contribution is 2.35. The Hall–Kier alpha value is -2.01. The Morgan fingerprint density at radius 2 is 1.88 bits per heavy atom. The number of rotatable bonds is 7. The molecule has 2 N–H and O–H groups in total. The molecule has 3 rings (SSSR count). The third kappa shape index (κ3) is 4.15. The second-order valence-corrected chi connectivity index (χ2v) is 6.74. The number of aromatic nitrogens is 1. The normalized spacial score (nSPS) is 12.7. The van der Waals surface area contributed by atoms with Gasteiger partial charge in [-0.3, -0.25) is 0 Å². The Morgan fingerprint density at radius 1 is 1.12 bits per heavy atom. The van der Waals surface area contributed by atoms with E-state index in [2.05, 4.69) is 24.1 Å². The number of fused-ring (bicyclic) bond motifs is 1. The SMILES string of the molecule is COCC(NC(C)C)c1c[nH]c2cccc(Oc3ccc(Cl)cc3)c12. The van der Waals surface area contributed by atoms with Crippen molar-refractivity contribution in [3.63, 3.8) is 0 Å². The van der Waals surface area contributed by atoms with E-state index in [1.807, 2.05) is 48.7 Å². The molecule has 0 aliphatic heterocycles. The van der Waals surface area contributed by atoms with Gasteiger partial charge in [0.25, 0.3) is 0 Å². The van der Waals surface area contributed by atoms with E-state index in [1.165, 1.54) is 0 Å². The van der Waals surface area contributed by atoms with E-state index < -0.39 is 0 Å². The summed E-state index contributed by atoms with van der Waals surface area (Å²) in [6.45, 7) is 4.84. The molecule has 5 heteroatoms. The molecule has 0 spiro atoms. The predicted molar refractivity (Wildman–Crippen MR) is 103 cm³/mol. The van der Waals surface area contributed by atoms with E-state index >= 15 is 0 Å². The van der Waals surface area contributed by atoms with Gasteiger partial charge in [0.2, 0.25) is 0 Å². The summed E-state index contributed by atoms with van der Waals surface area (Å²) in [5.41, 5.74) is 2.17. The number of aromatic amines is 1. The minimum Gasteiger partial charge on any atom is -0.457 e. The van der Waals surface area contributed by atoms with Crippen LogP contribution in [0.4, 0.5) is 0 Å². The Bertz CT molecular complexity index is 827. The van der Waals surface area contributed by atoms with Gasteiger partial charge in [0.15, 0.2) is 0 Å². The first-order valence-electron chi connectivity index (χ1n) is 8.37. The van der Waals surface area contributed by atoms with Crippen molar-refractivity contribution in [2.75, 3.05) is 13.7 Å². The summed E-state index contributed by atoms with van der Waals surface area (Å²) in [5.74, 6) is 1.56. The van der Waals surface area contributed by atoms with Crippen molar-refractivity contribution < 1.29 is 9.47 Å². The lowest BCUT2D eigenvalue weighted by Crippen LogP contribution is -2.30. The lowest BCUT2D eigenvalue weighted by Gasteiger charge is -2.21. The Balaban J connectivity index is 2.01. The summed E-state index contributed by atoms with van der Waals surface area (Å²) in [5, 5.41) is 5.31. The molecule has 3 aromatic rings. The first-order chi connectivity index (χ1) is 12.1. The van der Waals surface area contributed by atoms with Crippen molar-refractivity contribution in [3.8, 4) is 11.5 Å². The monoisotopic (exact) mass is 358 g/mol. The van der Waals surface area contributed by atoms with Crippen LogP contribution in [-0.4, -0.2) is 24.7 Å². The van der Waals surface area contributed by atoms with E-state index in [4.69, 9.17) is 21.1 Å². The second-order valence-electron chi connectivity index (χ2n) is 6.31. The van der Waals surface area contributed by atoms with Gasteiger partial charge in [-0.05, 0) is 36.4 Å². The molecule has 0 bridgehead atoms. The third-order valence-electron chi connectivity index (χ3n) is 3.98. The van der Waals surface area contributed by atoms with Gasteiger partial charge < -0.3 is 19.8 Å². The maximum absolute atomic E-state index is 6.13.